The fourth-order valence-electron chi connectivity index (χ4n) is 3.55. The Morgan fingerprint density at radius 1 is 1.17 bits per heavy atom. The van der Waals surface area contributed by atoms with E-state index in [0.717, 1.165) is 46.1 Å². The zero-order valence-electron chi connectivity index (χ0n) is 16.9. The fourth-order valence-corrected chi connectivity index (χ4v) is 3.55. The Morgan fingerprint density at radius 2 is 2.00 bits per heavy atom. The summed E-state index contributed by atoms with van der Waals surface area (Å²) in [5.41, 5.74) is 4.38. The molecule has 0 saturated carbocycles. The highest BCUT2D eigenvalue weighted by atomic mass is 16.5. The van der Waals surface area contributed by atoms with Crippen LogP contribution in [0.1, 0.15) is 19.4 Å². The highest BCUT2D eigenvalue weighted by molar-refractivity contribution is 5.76. The smallest absolute Gasteiger partial charge is 0.180 e. The van der Waals surface area contributed by atoms with E-state index in [1.807, 2.05) is 53.2 Å². The molecule has 3 N–H and O–H groups in total. The second kappa shape index (κ2) is 7.03. The highest BCUT2D eigenvalue weighted by Gasteiger charge is 2.16. The monoisotopic (exact) mass is 401 g/mol. The maximum atomic E-state index is 10.2. The van der Waals surface area contributed by atoms with Crippen LogP contribution in [-0.2, 0) is 5.60 Å². The van der Waals surface area contributed by atoms with Crippen LogP contribution in [0.3, 0.4) is 0 Å². The molecule has 0 radical (unpaired) electrons. The SMILES string of the molecule is CC(C)(O)c1ccc(Nc2nc(-c3ccc4c(c3)NCCO4)cn3ccnc23)cc1. The van der Waals surface area contributed by atoms with E-state index in [9.17, 15) is 5.11 Å². The van der Waals surface area contributed by atoms with Crippen LogP contribution in [0.4, 0.5) is 17.2 Å². The van der Waals surface area contributed by atoms with Crippen molar-refractivity contribution in [2.24, 2.45) is 0 Å². The minimum absolute atomic E-state index is 0.662. The number of nitrogens with one attached hydrogen (secondary N) is 2. The number of benzene rings is 2. The van der Waals surface area contributed by atoms with Gasteiger partial charge in [-0.15, -0.1) is 0 Å². The van der Waals surface area contributed by atoms with Crippen molar-refractivity contribution in [1.29, 1.82) is 0 Å². The van der Waals surface area contributed by atoms with Crippen molar-refractivity contribution in [2.45, 2.75) is 19.4 Å². The summed E-state index contributed by atoms with van der Waals surface area (Å²) >= 11 is 0. The first-order chi connectivity index (χ1) is 14.5. The average molecular weight is 401 g/mol. The summed E-state index contributed by atoms with van der Waals surface area (Å²) in [7, 11) is 0. The second-order valence-electron chi connectivity index (χ2n) is 7.88. The van der Waals surface area contributed by atoms with Crippen LogP contribution in [0.5, 0.6) is 5.75 Å². The molecule has 0 saturated heterocycles. The summed E-state index contributed by atoms with van der Waals surface area (Å²) in [4.78, 5) is 9.29. The Morgan fingerprint density at radius 3 is 2.80 bits per heavy atom. The largest absolute Gasteiger partial charge is 0.490 e. The normalized spacial score (nSPS) is 13.4. The van der Waals surface area contributed by atoms with E-state index >= 15 is 0 Å². The summed E-state index contributed by atoms with van der Waals surface area (Å²) in [6.45, 7) is 5.00. The number of ether oxygens (including phenoxy) is 1. The number of rotatable bonds is 4. The molecule has 7 nitrogen and oxygen atoms in total. The Hall–Kier alpha value is -3.58. The number of aromatic nitrogens is 3. The van der Waals surface area contributed by atoms with E-state index in [0.29, 0.717) is 12.4 Å². The van der Waals surface area contributed by atoms with E-state index in [2.05, 4.69) is 21.7 Å². The number of hydrogen-bond acceptors (Lipinski definition) is 6. The topological polar surface area (TPSA) is 83.7 Å². The lowest BCUT2D eigenvalue weighted by molar-refractivity contribution is 0.0786. The summed E-state index contributed by atoms with van der Waals surface area (Å²) in [5, 5.41) is 16.9. The number of anilines is 3. The number of imidazole rings is 1. The van der Waals surface area contributed by atoms with Crippen molar-refractivity contribution in [3.63, 3.8) is 0 Å². The van der Waals surface area contributed by atoms with Gasteiger partial charge in [-0.1, -0.05) is 12.1 Å². The van der Waals surface area contributed by atoms with Gasteiger partial charge < -0.3 is 24.9 Å². The second-order valence-corrected chi connectivity index (χ2v) is 7.88. The predicted molar refractivity (Wildman–Crippen MR) is 117 cm³/mol. The standard InChI is InChI=1S/C23H23N5O2/c1-23(2,29)16-4-6-17(7-5-16)26-21-22-25-9-11-28(22)14-19(27-21)15-3-8-20-18(13-15)24-10-12-30-20/h3-9,11,13-14,24,29H,10,12H2,1-2H3,(H,26,27). The maximum Gasteiger partial charge on any atom is 0.180 e. The molecule has 0 atom stereocenters. The molecule has 0 unspecified atom stereocenters. The lowest BCUT2D eigenvalue weighted by Gasteiger charge is -2.20. The van der Waals surface area contributed by atoms with Crippen LogP contribution in [0.15, 0.2) is 61.1 Å². The van der Waals surface area contributed by atoms with Crippen molar-refractivity contribution in [2.75, 3.05) is 23.8 Å². The Labute approximate surface area is 174 Å². The van der Waals surface area contributed by atoms with Crippen molar-refractivity contribution >= 4 is 22.8 Å². The third-order valence-electron chi connectivity index (χ3n) is 5.18. The molecule has 5 rings (SSSR count). The number of aliphatic hydroxyl groups is 1. The van der Waals surface area contributed by atoms with Gasteiger partial charge >= 0.3 is 0 Å². The van der Waals surface area contributed by atoms with Crippen LogP contribution in [0.25, 0.3) is 16.9 Å². The maximum absolute atomic E-state index is 10.2. The molecular weight excluding hydrogens is 378 g/mol. The van der Waals surface area contributed by atoms with Crippen LogP contribution in [-0.4, -0.2) is 32.6 Å². The van der Waals surface area contributed by atoms with E-state index in [-0.39, 0.29) is 0 Å². The molecule has 0 amide bonds. The van der Waals surface area contributed by atoms with Crippen molar-refractivity contribution in [1.82, 2.24) is 14.4 Å². The van der Waals surface area contributed by atoms with Crippen molar-refractivity contribution < 1.29 is 9.84 Å². The van der Waals surface area contributed by atoms with Gasteiger partial charge in [-0.2, -0.15) is 0 Å². The molecule has 30 heavy (non-hydrogen) atoms. The predicted octanol–water partition coefficient (Wildman–Crippen LogP) is 4.17. The van der Waals surface area contributed by atoms with Crippen LogP contribution >= 0.6 is 0 Å². The third-order valence-corrected chi connectivity index (χ3v) is 5.18. The fraction of sp³-hybridized carbons (Fsp3) is 0.217. The minimum Gasteiger partial charge on any atom is -0.490 e. The lowest BCUT2D eigenvalue weighted by Crippen LogP contribution is -2.17. The van der Waals surface area contributed by atoms with Gasteiger partial charge in [0, 0.05) is 36.4 Å². The first-order valence-corrected chi connectivity index (χ1v) is 9.92. The van der Waals surface area contributed by atoms with Gasteiger partial charge in [-0.3, -0.25) is 0 Å². The lowest BCUT2D eigenvalue weighted by atomic mass is 9.98. The van der Waals surface area contributed by atoms with E-state index in [1.165, 1.54) is 0 Å². The van der Waals surface area contributed by atoms with E-state index < -0.39 is 5.60 Å². The van der Waals surface area contributed by atoms with Gasteiger partial charge in [0.1, 0.15) is 12.4 Å². The first-order valence-electron chi connectivity index (χ1n) is 9.92. The Kier molecular flexibility index (Phi) is 4.33. The molecule has 152 valence electrons. The summed E-state index contributed by atoms with van der Waals surface area (Å²) < 4.78 is 7.64. The molecule has 7 heteroatoms. The first kappa shape index (κ1) is 18.4. The molecule has 1 aliphatic rings. The van der Waals surface area contributed by atoms with Gasteiger partial charge in [-0.05, 0) is 49.7 Å². The van der Waals surface area contributed by atoms with Gasteiger partial charge in [0.15, 0.2) is 11.5 Å². The summed E-state index contributed by atoms with van der Waals surface area (Å²) in [5.74, 6) is 1.52. The Balaban J connectivity index is 1.52. The van der Waals surface area contributed by atoms with Crippen LogP contribution < -0.4 is 15.4 Å². The van der Waals surface area contributed by atoms with Gasteiger partial charge in [-0.25, -0.2) is 9.97 Å². The molecule has 0 aliphatic carbocycles. The van der Waals surface area contributed by atoms with Crippen molar-refractivity contribution in [3.8, 4) is 17.0 Å². The molecular formula is C23H23N5O2. The molecule has 4 aromatic rings. The molecule has 0 bridgehead atoms. The van der Waals surface area contributed by atoms with E-state index in [4.69, 9.17) is 9.72 Å². The number of hydrogen-bond donors (Lipinski definition) is 3. The van der Waals surface area contributed by atoms with Gasteiger partial charge in [0.25, 0.3) is 0 Å². The van der Waals surface area contributed by atoms with Gasteiger partial charge in [0.2, 0.25) is 0 Å². The highest BCUT2D eigenvalue weighted by Crippen LogP contribution is 2.33. The van der Waals surface area contributed by atoms with Gasteiger partial charge in [0.05, 0.1) is 17.0 Å². The third kappa shape index (κ3) is 3.44. The molecule has 0 spiro atoms. The van der Waals surface area contributed by atoms with Crippen LogP contribution in [0.2, 0.25) is 0 Å². The molecule has 2 aromatic heterocycles. The number of fused-ring (bicyclic) bond motifs is 2. The molecule has 1 aliphatic heterocycles. The minimum atomic E-state index is -0.878. The number of nitrogens with zero attached hydrogens (tertiary/aromatic N) is 3. The Bertz CT molecular complexity index is 1210. The quantitative estimate of drug-likeness (QED) is 0.476. The van der Waals surface area contributed by atoms with Crippen molar-refractivity contribution in [3.05, 3.63) is 66.6 Å². The zero-order chi connectivity index (χ0) is 20.7. The molecule has 0 fully saturated rings. The zero-order valence-corrected chi connectivity index (χ0v) is 16.9. The molecule has 2 aromatic carbocycles. The average Bonchev–Trinajstić information content (AvgIpc) is 3.22. The summed E-state index contributed by atoms with van der Waals surface area (Å²) in [6.07, 6.45) is 5.63. The molecule has 3 heterocycles. The van der Waals surface area contributed by atoms with Crippen LogP contribution in [0, 0.1) is 0 Å². The van der Waals surface area contributed by atoms with E-state index in [1.54, 1.807) is 20.0 Å². The summed E-state index contributed by atoms with van der Waals surface area (Å²) in [6, 6.07) is 13.7.